The Balaban J connectivity index is 2.50. The first kappa shape index (κ1) is 17.8. The first-order valence-corrected chi connectivity index (χ1v) is 9.24. The Labute approximate surface area is 149 Å². The van der Waals surface area contributed by atoms with Gasteiger partial charge < -0.3 is 4.74 Å². The lowest BCUT2D eigenvalue weighted by molar-refractivity contribution is 0.415. The summed E-state index contributed by atoms with van der Waals surface area (Å²) >= 11 is 9.41. The third kappa shape index (κ3) is 3.88. The second-order valence-electron chi connectivity index (χ2n) is 4.60. The van der Waals surface area contributed by atoms with Crippen LogP contribution in [0.25, 0.3) is 0 Å². The van der Waals surface area contributed by atoms with E-state index in [4.69, 9.17) is 16.3 Å². The largest absolute Gasteiger partial charge is 0.495 e. The average molecular weight is 417 g/mol. The molecule has 0 saturated carbocycles. The van der Waals surface area contributed by atoms with E-state index in [1.165, 1.54) is 17.5 Å². The van der Waals surface area contributed by atoms with Crippen LogP contribution < -0.4 is 9.04 Å². The van der Waals surface area contributed by atoms with Crippen LogP contribution in [0.1, 0.15) is 0 Å². The highest BCUT2D eigenvalue weighted by molar-refractivity contribution is 9.10. The van der Waals surface area contributed by atoms with Crippen molar-refractivity contribution >= 4 is 43.2 Å². The monoisotopic (exact) mass is 415 g/mol. The van der Waals surface area contributed by atoms with Crippen molar-refractivity contribution in [1.29, 1.82) is 0 Å². The summed E-state index contributed by atoms with van der Waals surface area (Å²) in [5.74, 6) is 0.481. The maximum atomic E-state index is 12.9. The van der Waals surface area contributed by atoms with Gasteiger partial charge in [-0.05, 0) is 42.5 Å². The lowest BCUT2D eigenvalue weighted by Crippen LogP contribution is -2.31. The van der Waals surface area contributed by atoms with Crippen LogP contribution in [-0.2, 0) is 10.0 Å². The van der Waals surface area contributed by atoms with Gasteiger partial charge in [-0.1, -0.05) is 33.6 Å². The summed E-state index contributed by atoms with van der Waals surface area (Å²) in [6.07, 6.45) is 1.52. The minimum absolute atomic E-state index is 0.126. The summed E-state index contributed by atoms with van der Waals surface area (Å²) in [6, 6.07) is 11.3. The molecular formula is C16H15BrClNO3S. The summed E-state index contributed by atoms with van der Waals surface area (Å²) in [4.78, 5) is 0.189. The summed E-state index contributed by atoms with van der Waals surface area (Å²) < 4.78 is 32.9. The van der Waals surface area contributed by atoms with E-state index >= 15 is 0 Å². The van der Waals surface area contributed by atoms with Crippen LogP contribution in [0.3, 0.4) is 0 Å². The number of ether oxygens (including phenoxy) is 1. The predicted octanol–water partition coefficient (Wildman–Crippen LogP) is 4.49. The first-order chi connectivity index (χ1) is 10.9. The third-order valence-corrected chi connectivity index (χ3v) is 5.75. The van der Waals surface area contributed by atoms with Crippen LogP contribution >= 0.6 is 27.5 Å². The molecular weight excluding hydrogens is 402 g/mol. The van der Waals surface area contributed by atoms with Gasteiger partial charge in [0.15, 0.2) is 0 Å². The first-order valence-electron chi connectivity index (χ1n) is 6.63. The summed E-state index contributed by atoms with van der Waals surface area (Å²) in [7, 11) is -2.23. The van der Waals surface area contributed by atoms with Crippen molar-refractivity contribution in [1.82, 2.24) is 0 Å². The van der Waals surface area contributed by atoms with Crippen LogP contribution in [0, 0.1) is 0 Å². The number of hydrogen-bond acceptors (Lipinski definition) is 3. The van der Waals surface area contributed by atoms with E-state index in [-0.39, 0.29) is 11.4 Å². The number of halogens is 2. The van der Waals surface area contributed by atoms with Gasteiger partial charge >= 0.3 is 0 Å². The van der Waals surface area contributed by atoms with Crippen molar-refractivity contribution in [2.45, 2.75) is 4.90 Å². The highest BCUT2D eigenvalue weighted by Gasteiger charge is 2.24. The quantitative estimate of drug-likeness (QED) is 0.652. The number of anilines is 1. The molecule has 2 aromatic carbocycles. The molecule has 2 aromatic rings. The summed E-state index contributed by atoms with van der Waals surface area (Å²) in [6.45, 7) is 3.76. The number of rotatable bonds is 6. The van der Waals surface area contributed by atoms with Crippen LogP contribution in [0.15, 0.2) is 64.5 Å². The molecule has 0 fully saturated rings. The van der Waals surface area contributed by atoms with Crippen molar-refractivity contribution in [2.24, 2.45) is 0 Å². The van der Waals surface area contributed by atoms with Crippen molar-refractivity contribution in [3.63, 3.8) is 0 Å². The fourth-order valence-electron chi connectivity index (χ4n) is 2.00. The van der Waals surface area contributed by atoms with Gasteiger partial charge in [-0.25, -0.2) is 8.42 Å². The number of hydrogen-bond donors (Lipinski definition) is 0. The normalized spacial score (nSPS) is 11.1. The van der Waals surface area contributed by atoms with E-state index in [2.05, 4.69) is 22.5 Å². The molecule has 0 bridgehead atoms. The van der Waals surface area contributed by atoms with Crippen molar-refractivity contribution in [3.8, 4) is 5.75 Å². The number of benzene rings is 2. The second-order valence-corrected chi connectivity index (χ2v) is 7.78. The topological polar surface area (TPSA) is 46.6 Å². The van der Waals surface area contributed by atoms with Crippen LogP contribution in [0.2, 0.25) is 5.02 Å². The molecule has 0 spiro atoms. The molecule has 0 saturated heterocycles. The average Bonchev–Trinajstić information content (AvgIpc) is 2.52. The molecule has 0 aliphatic rings. The van der Waals surface area contributed by atoms with Crippen LogP contribution in [0.5, 0.6) is 5.75 Å². The van der Waals surface area contributed by atoms with Crippen molar-refractivity contribution < 1.29 is 13.2 Å². The van der Waals surface area contributed by atoms with E-state index in [0.717, 1.165) is 4.47 Å². The van der Waals surface area contributed by atoms with Gasteiger partial charge in [0.1, 0.15) is 5.75 Å². The van der Waals surface area contributed by atoms with Gasteiger partial charge in [-0.15, -0.1) is 6.58 Å². The van der Waals surface area contributed by atoms with Gasteiger partial charge in [-0.3, -0.25) is 4.31 Å². The zero-order valence-electron chi connectivity index (χ0n) is 12.4. The molecule has 122 valence electrons. The van der Waals surface area contributed by atoms with Gasteiger partial charge in [0.05, 0.1) is 29.3 Å². The Kier molecular flexibility index (Phi) is 5.73. The molecule has 0 aromatic heterocycles. The van der Waals surface area contributed by atoms with Gasteiger partial charge in [0.2, 0.25) is 0 Å². The third-order valence-electron chi connectivity index (χ3n) is 3.12. The molecule has 0 aliphatic carbocycles. The molecule has 2 rings (SSSR count). The number of sulfonamides is 1. The number of methoxy groups -OCH3 is 1. The Morgan fingerprint density at radius 1 is 1.26 bits per heavy atom. The molecule has 0 unspecified atom stereocenters. The molecule has 0 N–H and O–H groups in total. The molecule has 4 nitrogen and oxygen atoms in total. The highest BCUT2D eigenvalue weighted by atomic mass is 79.9. The fraction of sp³-hybridized carbons (Fsp3) is 0.125. The number of nitrogens with zero attached hydrogens (tertiary/aromatic N) is 1. The minimum atomic E-state index is -3.73. The van der Waals surface area contributed by atoms with Gasteiger partial charge in [0, 0.05) is 4.47 Å². The highest BCUT2D eigenvalue weighted by Crippen LogP contribution is 2.32. The summed E-state index contributed by atoms with van der Waals surface area (Å²) in [5, 5.41) is 0.338. The van der Waals surface area contributed by atoms with Crippen LogP contribution in [0.4, 0.5) is 5.69 Å². The molecule has 23 heavy (non-hydrogen) atoms. The van der Waals surface area contributed by atoms with E-state index in [9.17, 15) is 8.42 Å². The molecule has 0 atom stereocenters. The van der Waals surface area contributed by atoms with E-state index in [1.54, 1.807) is 42.5 Å². The Morgan fingerprint density at radius 2 is 1.91 bits per heavy atom. The predicted molar refractivity (Wildman–Crippen MR) is 96.9 cm³/mol. The smallest absolute Gasteiger partial charge is 0.264 e. The van der Waals surface area contributed by atoms with Gasteiger partial charge in [-0.2, -0.15) is 0 Å². The molecule has 0 aliphatic heterocycles. The maximum Gasteiger partial charge on any atom is 0.264 e. The van der Waals surface area contributed by atoms with Gasteiger partial charge in [0.25, 0.3) is 10.0 Å². The Hall–Kier alpha value is -1.50. The lowest BCUT2D eigenvalue weighted by Gasteiger charge is -2.23. The minimum Gasteiger partial charge on any atom is -0.495 e. The molecule has 0 amide bonds. The zero-order chi connectivity index (χ0) is 17.0. The molecule has 0 radical (unpaired) electrons. The maximum absolute atomic E-state index is 12.9. The standard InChI is InChI=1S/C16H15BrClNO3S/c1-3-10-19(13-6-9-16(22-2)15(18)11-13)23(20,21)14-7-4-12(17)5-8-14/h3-9,11H,1,10H2,2H3. The van der Waals surface area contributed by atoms with Crippen molar-refractivity contribution in [3.05, 3.63) is 64.6 Å². The Morgan fingerprint density at radius 3 is 2.43 bits per heavy atom. The second kappa shape index (κ2) is 7.38. The van der Waals surface area contributed by atoms with E-state index in [0.29, 0.717) is 16.5 Å². The van der Waals surface area contributed by atoms with Crippen molar-refractivity contribution in [2.75, 3.05) is 18.0 Å². The van der Waals surface area contributed by atoms with E-state index < -0.39 is 10.0 Å². The molecule has 7 heteroatoms. The molecule has 0 heterocycles. The lowest BCUT2D eigenvalue weighted by atomic mass is 10.3. The summed E-state index contributed by atoms with van der Waals surface area (Å²) in [5.41, 5.74) is 0.443. The fourth-order valence-corrected chi connectivity index (χ4v) is 3.95. The zero-order valence-corrected chi connectivity index (χ0v) is 15.5. The van der Waals surface area contributed by atoms with E-state index in [1.807, 2.05) is 0 Å². The Bertz CT molecular complexity index is 807. The SMILES string of the molecule is C=CCN(c1ccc(OC)c(Cl)c1)S(=O)(=O)c1ccc(Br)cc1. The van der Waals surface area contributed by atoms with Crippen LogP contribution in [-0.4, -0.2) is 22.1 Å².